The summed E-state index contributed by atoms with van der Waals surface area (Å²) in [6.07, 6.45) is -1.13. The molecule has 106 valence electrons. The number of rotatable bonds is 8. The number of aliphatic hydroxyl groups is 1. The van der Waals surface area contributed by atoms with E-state index in [4.69, 9.17) is 5.73 Å². The van der Waals surface area contributed by atoms with E-state index in [0.717, 1.165) is 16.0 Å². The molecule has 0 aliphatic carbocycles. The zero-order valence-corrected chi connectivity index (χ0v) is 13.6. The predicted molar refractivity (Wildman–Crippen MR) is 86.1 cm³/mol. The number of carbonyl (C=O) groups is 1. The van der Waals surface area contributed by atoms with Gasteiger partial charge in [0, 0.05) is 29.1 Å². The van der Waals surface area contributed by atoms with Gasteiger partial charge in [-0.25, -0.2) is 0 Å². The number of hydrogen-bond donors (Lipinski definition) is 3. The summed E-state index contributed by atoms with van der Waals surface area (Å²) >= 11 is 3.31. The predicted octanol–water partition coefficient (Wildman–Crippen LogP) is 1.94. The molecule has 4 N–H and O–H groups in total. The highest BCUT2D eigenvalue weighted by Crippen LogP contribution is 2.20. The Hall–Kier alpha value is -0.210. The second-order valence-electron chi connectivity index (χ2n) is 3.68. The zero-order valence-electron chi connectivity index (χ0n) is 10.3. The van der Waals surface area contributed by atoms with E-state index >= 15 is 0 Å². The van der Waals surface area contributed by atoms with Crippen LogP contribution in [-0.2, 0) is 4.79 Å². The van der Waals surface area contributed by atoms with Crippen LogP contribution in [0, 0.1) is 0 Å². The minimum atomic E-state index is -1.13. The molecule has 0 heterocycles. The Morgan fingerprint density at radius 1 is 1.42 bits per heavy atom. The van der Waals surface area contributed by atoms with Crippen LogP contribution in [0.1, 0.15) is 11.7 Å². The Morgan fingerprint density at radius 3 is 2.84 bits per heavy atom. The van der Waals surface area contributed by atoms with Crippen LogP contribution >= 0.6 is 37.5 Å². The molecule has 1 unspecified atom stereocenters. The van der Waals surface area contributed by atoms with Crippen molar-refractivity contribution >= 4 is 43.4 Å². The molecular weight excluding hydrogens is 348 g/mol. The molecule has 1 rings (SSSR count). The van der Waals surface area contributed by atoms with Crippen molar-refractivity contribution < 1.29 is 9.90 Å². The van der Waals surface area contributed by atoms with E-state index < -0.39 is 6.10 Å². The molecule has 0 aliphatic heterocycles. The van der Waals surface area contributed by atoms with Crippen LogP contribution in [0.25, 0.3) is 0 Å². The highest BCUT2D eigenvalue weighted by molar-refractivity contribution is 9.10. The van der Waals surface area contributed by atoms with Crippen molar-refractivity contribution in [2.24, 2.45) is 5.73 Å². The molecule has 0 fully saturated rings. The summed E-state index contributed by atoms with van der Waals surface area (Å²) < 4.78 is 0.839. The number of nitrogens with two attached hydrogens (primary N) is 1. The number of halogens is 1. The Balaban J connectivity index is 2.29. The minimum Gasteiger partial charge on any atom is -0.378 e. The largest absolute Gasteiger partial charge is 0.378 e. The first kappa shape index (κ1) is 16.8. The fourth-order valence-corrected chi connectivity index (χ4v) is 3.49. The zero-order chi connectivity index (χ0) is 14.1. The van der Waals surface area contributed by atoms with Gasteiger partial charge in [-0.3, -0.25) is 4.79 Å². The molecule has 0 aromatic heterocycles. The normalized spacial score (nSPS) is 12.2. The van der Waals surface area contributed by atoms with E-state index in [2.05, 4.69) is 21.2 Å². The molecule has 1 aromatic rings. The Kier molecular flexibility index (Phi) is 8.56. The van der Waals surface area contributed by atoms with Gasteiger partial charge in [-0.1, -0.05) is 49.7 Å². The van der Waals surface area contributed by atoms with Crippen molar-refractivity contribution in [1.82, 2.24) is 5.32 Å². The van der Waals surface area contributed by atoms with Crippen LogP contribution in [0.2, 0.25) is 0 Å². The van der Waals surface area contributed by atoms with Crippen LogP contribution in [0.4, 0.5) is 0 Å². The molecule has 1 amide bonds. The fourth-order valence-electron chi connectivity index (χ4n) is 1.31. The van der Waals surface area contributed by atoms with E-state index in [0.29, 0.717) is 18.7 Å². The number of benzene rings is 1. The molecule has 7 heteroatoms. The number of amides is 1. The second kappa shape index (κ2) is 9.66. The van der Waals surface area contributed by atoms with Crippen LogP contribution < -0.4 is 11.1 Å². The molecule has 0 saturated carbocycles. The van der Waals surface area contributed by atoms with Crippen molar-refractivity contribution in [2.75, 3.05) is 24.6 Å². The lowest BCUT2D eigenvalue weighted by Crippen LogP contribution is -2.30. The maximum absolute atomic E-state index is 11.7. The first-order valence-corrected chi connectivity index (χ1v) is 9.09. The van der Waals surface area contributed by atoms with Crippen LogP contribution in [0.15, 0.2) is 28.7 Å². The number of aliphatic hydroxyl groups excluding tert-OH is 1. The molecule has 0 radical (unpaired) electrons. The molecule has 0 saturated heterocycles. The van der Waals surface area contributed by atoms with Gasteiger partial charge in [0.25, 0.3) is 5.91 Å². The molecule has 1 aromatic carbocycles. The first-order chi connectivity index (χ1) is 9.15. The van der Waals surface area contributed by atoms with Gasteiger partial charge in [0.15, 0.2) is 6.10 Å². The smallest absolute Gasteiger partial charge is 0.253 e. The van der Waals surface area contributed by atoms with Gasteiger partial charge >= 0.3 is 0 Å². The van der Waals surface area contributed by atoms with Crippen LogP contribution in [0.3, 0.4) is 0 Å². The van der Waals surface area contributed by atoms with Crippen molar-refractivity contribution in [1.29, 1.82) is 0 Å². The summed E-state index contributed by atoms with van der Waals surface area (Å²) in [5.74, 6) is 1.32. The average molecular weight is 365 g/mol. The fraction of sp³-hybridized carbons (Fsp3) is 0.417. The van der Waals surface area contributed by atoms with Crippen molar-refractivity contribution in [3.8, 4) is 0 Å². The number of carbonyl (C=O) groups excluding carboxylic acids is 1. The van der Waals surface area contributed by atoms with E-state index in [1.807, 2.05) is 6.07 Å². The highest BCUT2D eigenvalue weighted by Gasteiger charge is 2.16. The standard InChI is InChI=1S/C12H17BrN2O2S2/c13-10-3-1-2-9(8-10)11(16)12(17)15-5-7-19-18-6-4-14/h1-3,8,11,16H,4-7,14H2,(H,15,17). The third-order valence-corrected chi connectivity index (χ3v) is 5.11. The summed E-state index contributed by atoms with van der Waals surface area (Å²) in [6, 6.07) is 7.09. The summed E-state index contributed by atoms with van der Waals surface area (Å²) in [7, 11) is 3.35. The second-order valence-corrected chi connectivity index (χ2v) is 7.30. The molecular formula is C12H17BrN2O2S2. The highest BCUT2D eigenvalue weighted by atomic mass is 79.9. The first-order valence-electron chi connectivity index (χ1n) is 5.81. The van der Waals surface area contributed by atoms with Gasteiger partial charge in [0.05, 0.1) is 0 Å². The molecule has 0 aliphatic rings. The monoisotopic (exact) mass is 364 g/mol. The topological polar surface area (TPSA) is 75.3 Å². The number of hydrogen-bond acceptors (Lipinski definition) is 5. The SMILES string of the molecule is NCCSSCCNC(=O)C(O)c1cccc(Br)c1. The van der Waals surface area contributed by atoms with Crippen molar-refractivity contribution in [2.45, 2.75) is 6.10 Å². The van der Waals surface area contributed by atoms with E-state index in [9.17, 15) is 9.90 Å². The molecule has 4 nitrogen and oxygen atoms in total. The third-order valence-electron chi connectivity index (χ3n) is 2.18. The van der Waals surface area contributed by atoms with Gasteiger partial charge in [0.2, 0.25) is 0 Å². The number of nitrogens with one attached hydrogen (secondary N) is 1. The Morgan fingerprint density at radius 2 is 2.16 bits per heavy atom. The minimum absolute atomic E-state index is 0.373. The Bertz CT molecular complexity index is 407. The third kappa shape index (κ3) is 6.67. The summed E-state index contributed by atoms with van der Waals surface area (Å²) in [5, 5.41) is 12.6. The van der Waals surface area contributed by atoms with Crippen LogP contribution in [-0.4, -0.2) is 35.6 Å². The van der Waals surface area contributed by atoms with Gasteiger partial charge in [0.1, 0.15) is 0 Å². The molecule has 0 spiro atoms. The van der Waals surface area contributed by atoms with E-state index in [1.165, 1.54) is 0 Å². The van der Waals surface area contributed by atoms with Crippen molar-refractivity contribution in [3.63, 3.8) is 0 Å². The lowest BCUT2D eigenvalue weighted by molar-refractivity contribution is -0.129. The average Bonchev–Trinajstić information content (AvgIpc) is 2.41. The summed E-state index contributed by atoms with van der Waals surface area (Å²) in [6.45, 7) is 1.19. The lowest BCUT2D eigenvalue weighted by Gasteiger charge is -2.11. The Labute approximate surface area is 129 Å². The van der Waals surface area contributed by atoms with Gasteiger partial charge in [-0.15, -0.1) is 0 Å². The van der Waals surface area contributed by atoms with Crippen LogP contribution in [0.5, 0.6) is 0 Å². The van der Waals surface area contributed by atoms with E-state index in [1.54, 1.807) is 39.8 Å². The quantitative estimate of drug-likeness (QED) is 0.485. The maximum atomic E-state index is 11.7. The van der Waals surface area contributed by atoms with Gasteiger partial charge < -0.3 is 16.2 Å². The molecule has 19 heavy (non-hydrogen) atoms. The molecule has 1 atom stereocenters. The van der Waals surface area contributed by atoms with Gasteiger partial charge in [-0.05, 0) is 17.7 Å². The maximum Gasteiger partial charge on any atom is 0.253 e. The summed E-state index contributed by atoms with van der Waals surface area (Å²) in [4.78, 5) is 11.7. The summed E-state index contributed by atoms with van der Waals surface area (Å²) in [5.41, 5.74) is 5.95. The van der Waals surface area contributed by atoms with Gasteiger partial charge in [-0.2, -0.15) is 0 Å². The van der Waals surface area contributed by atoms with Crippen molar-refractivity contribution in [3.05, 3.63) is 34.3 Å². The molecule has 0 bridgehead atoms. The van der Waals surface area contributed by atoms with E-state index in [-0.39, 0.29) is 5.91 Å². The lowest BCUT2D eigenvalue weighted by atomic mass is 10.1.